The van der Waals surface area contributed by atoms with Gasteiger partial charge in [-0.2, -0.15) is 0 Å². The number of rotatable bonds is 3. The molecule has 1 aromatic rings. The monoisotopic (exact) mass is 327 g/mol. The van der Waals surface area contributed by atoms with Gasteiger partial charge in [0.05, 0.1) is 6.10 Å². The largest absolute Gasteiger partial charge is 0.380 e. The van der Waals surface area contributed by atoms with Crippen LogP contribution in [0.5, 0.6) is 0 Å². The number of pyridine rings is 1. The number of ether oxygens (including phenoxy) is 1. The second-order valence-corrected chi connectivity index (χ2v) is 5.25. The zero-order chi connectivity index (χ0) is 14.0. The van der Waals surface area contributed by atoms with Crippen LogP contribution >= 0.6 is 15.9 Å². The Morgan fingerprint density at radius 2 is 2.26 bits per heavy atom. The topological polar surface area (TPSA) is 85.5 Å². The summed E-state index contributed by atoms with van der Waals surface area (Å²) < 4.78 is 5.98. The molecule has 6 nitrogen and oxygen atoms in total. The van der Waals surface area contributed by atoms with E-state index in [0.717, 1.165) is 4.47 Å². The van der Waals surface area contributed by atoms with Gasteiger partial charge in [-0.1, -0.05) is 0 Å². The predicted molar refractivity (Wildman–Crippen MR) is 71.4 cm³/mol. The summed E-state index contributed by atoms with van der Waals surface area (Å²) in [7, 11) is 1.55. The van der Waals surface area contributed by atoms with E-state index in [0.29, 0.717) is 13.0 Å². The van der Waals surface area contributed by atoms with Gasteiger partial charge in [-0.25, -0.2) is 4.98 Å². The molecule has 7 heteroatoms. The van der Waals surface area contributed by atoms with Crippen molar-refractivity contribution in [3.05, 3.63) is 28.5 Å². The Morgan fingerprint density at radius 3 is 2.79 bits per heavy atom. The van der Waals surface area contributed by atoms with Crippen molar-refractivity contribution in [2.45, 2.75) is 18.6 Å². The zero-order valence-corrected chi connectivity index (χ0v) is 12.0. The van der Waals surface area contributed by atoms with Gasteiger partial charge in [-0.05, 0) is 28.1 Å². The summed E-state index contributed by atoms with van der Waals surface area (Å²) in [5, 5.41) is 0. The minimum Gasteiger partial charge on any atom is -0.380 e. The van der Waals surface area contributed by atoms with Crippen molar-refractivity contribution in [2.75, 3.05) is 13.7 Å². The van der Waals surface area contributed by atoms with E-state index in [4.69, 9.17) is 10.5 Å². The van der Waals surface area contributed by atoms with Gasteiger partial charge in [0.25, 0.3) is 5.91 Å². The average molecular weight is 328 g/mol. The molecule has 2 rings (SSSR count). The number of halogens is 1. The lowest BCUT2D eigenvalue weighted by Crippen LogP contribution is -2.44. The normalized spacial score (nSPS) is 22.5. The molecule has 1 fully saturated rings. The van der Waals surface area contributed by atoms with Gasteiger partial charge in [0.15, 0.2) is 0 Å². The quantitative estimate of drug-likeness (QED) is 0.878. The predicted octanol–water partition coefficient (Wildman–Crippen LogP) is 0.559. The Bertz CT molecular complexity index is 491. The Morgan fingerprint density at radius 1 is 1.53 bits per heavy atom. The third-order valence-electron chi connectivity index (χ3n) is 3.13. The summed E-state index contributed by atoms with van der Waals surface area (Å²) in [5.41, 5.74) is 5.61. The minimum absolute atomic E-state index is 0.170. The fourth-order valence-electron chi connectivity index (χ4n) is 2.11. The molecule has 19 heavy (non-hydrogen) atoms. The molecule has 0 radical (unpaired) electrons. The third kappa shape index (κ3) is 2.93. The average Bonchev–Trinajstić information content (AvgIpc) is 2.83. The molecular formula is C12H14BrN3O3. The SMILES string of the molecule is CO[C@H]1C[C@@H](C(N)=O)N(C(=O)c2ccc(Br)cn2)C1. The van der Waals surface area contributed by atoms with E-state index in [1.54, 1.807) is 19.2 Å². The number of nitrogens with two attached hydrogens (primary N) is 1. The fourth-order valence-corrected chi connectivity index (χ4v) is 2.35. The van der Waals surface area contributed by atoms with E-state index in [1.165, 1.54) is 11.1 Å². The van der Waals surface area contributed by atoms with Crippen LogP contribution in [0.25, 0.3) is 0 Å². The molecule has 1 aromatic heterocycles. The van der Waals surface area contributed by atoms with E-state index in [-0.39, 0.29) is 17.7 Å². The number of aromatic nitrogens is 1. The number of primary amides is 1. The summed E-state index contributed by atoms with van der Waals surface area (Å²) >= 11 is 3.25. The second kappa shape index (κ2) is 5.66. The first-order chi connectivity index (χ1) is 9.02. The number of methoxy groups -OCH3 is 1. The smallest absolute Gasteiger partial charge is 0.273 e. The van der Waals surface area contributed by atoms with Crippen LogP contribution < -0.4 is 5.73 Å². The Labute approximate surface area is 119 Å². The van der Waals surface area contributed by atoms with Crippen molar-refractivity contribution in [1.82, 2.24) is 9.88 Å². The highest BCUT2D eigenvalue weighted by molar-refractivity contribution is 9.10. The second-order valence-electron chi connectivity index (χ2n) is 4.33. The minimum atomic E-state index is -0.636. The number of carbonyl (C=O) groups excluding carboxylic acids is 2. The molecule has 2 amide bonds. The number of hydrogen-bond acceptors (Lipinski definition) is 4. The molecule has 0 aliphatic carbocycles. The zero-order valence-electron chi connectivity index (χ0n) is 10.4. The highest BCUT2D eigenvalue weighted by atomic mass is 79.9. The van der Waals surface area contributed by atoms with E-state index in [9.17, 15) is 9.59 Å². The molecule has 1 aliphatic rings. The number of amides is 2. The molecule has 2 N–H and O–H groups in total. The number of likely N-dealkylation sites (tertiary alicyclic amines) is 1. The molecule has 0 aromatic carbocycles. The number of carbonyl (C=O) groups is 2. The highest BCUT2D eigenvalue weighted by Crippen LogP contribution is 2.22. The van der Waals surface area contributed by atoms with Crippen LogP contribution in [0.15, 0.2) is 22.8 Å². The molecule has 1 saturated heterocycles. The van der Waals surface area contributed by atoms with Gasteiger partial charge in [0, 0.05) is 30.7 Å². The summed E-state index contributed by atoms with van der Waals surface area (Å²) in [4.78, 5) is 29.2. The maximum absolute atomic E-state index is 12.3. The van der Waals surface area contributed by atoms with Crippen LogP contribution in [0.1, 0.15) is 16.9 Å². The summed E-state index contributed by atoms with van der Waals surface area (Å²) in [5.74, 6) is -0.833. The molecule has 0 bridgehead atoms. The molecule has 0 unspecified atom stereocenters. The first-order valence-corrected chi connectivity index (χ1v) is 6.57. The van der Waals surface area contributed by atoms with E-state index in [1.807, 2.05) is 0 Å². The molecule has 0 spiro atoms. The van der Waals surface area contributed by atoms with Crippen LogP contribution in [-0.4, -0.2) is 47.5 Å². The Kier molecular flexibility index (Phi) is 4.16. The number of nitrogens with zero attached hydrogens (tertiary/aromatic N) is 2. The number of hydrogen-bond donors (Lipinski definition) is 1. The summed E-state index contributed by atoms with van der Waals surface area (Å²) in [6.07, 6.45) is 1.79. The maximum atomic E-state index is 12.3. The van der Waals surface area contributed by atoms with E-state index in [2.05, 4.69) is 20.9 Å². The first-order valence-electron chi connectivity index (χ1n) is 5.77. The molecule has 2 heterocycles. The van der Waals surface area contributed by atoms with Crippen molar-refractivity contribution in [3.8, 4) is 0 Å². The van der Waals surface area contributed by atoms with Gasteiger partial charge in [-0.15, -0.1) is 0 Å². The summed E-state index contributed by atoms with van der Waals surface area (Å²) in [6.45, 7) is 0.348. The maximum Gasteiger partial charge on any atom is 0.273 e. The lowest BCUT2D eigenvalue weighted by atomic mass is 10.2. The van der Waals surface area contributed by atoms with Crippen LogP contribution in [0.2, 0.25) is 0 Å². The van der Waals surface area contributed by atoms with Gasteiger partial charge in [0.2, 0.25) is 5.91 Å². The van der Waals surface area contributed by atoms with E-state index < -0.39 is 11.9 Å². The molecule has 0 saturated carbocycles. The lowest BCUT2D eigenvalue weighted by Gasteiger charge is -2.21. The van der Waals surface area contributed by atoms with Crippen LogP contribution in [0.4, 0.5) is 0 Å². The molecule has 102 valence electrons. The fraction of sp³-hybridized carbons (Fsp3) is 0.417. The van der Waals surface area contributed by atoms with Gasteiger partial charge < -0.3 is 15.4 Å². The van der Waals surface area contributed by atoms with Crippen molar-refractivity contribution in [3.63, 3.8) is 0 Å². The van der Waals surface area contributed by atoms with Gasteiger partial charge in [0.1, 0.15) is 11.7 Å². The lowest BCUT2D eigenvalue weighted by molar-refractivity contribution is -0.121. The van der Waals surface area contributed by atoms with Crippen molar-refractivity contribution in [1.29, 1.82) is 0 Å². The van der Waals surface area contributed by atoms with Gasteiger partial charge >= 0.3 is 0 Å². The molecular weight excluding hydrogens is 314 g/mol. The summed E-state index contributed by atoms with van der Waals surface area (Å²) in [6, 6.07) is 2.69. The van der Waals surface area contributed by atoms with Gasteiger partial charge in [-0.3, -0.25) is 9.59 Å². The first kappa shape index (κ1) is 14.0. The van der Waals surface area contributed by atoms with Crippen molar-refractivity contribution >= 4 is 27.7 Å². The van der Waals surface area contributed by atoms with Crippen LogP contribution in [0, 0.1) is 0 Å². The Balaban J connectivity index is 2.21. The van der Waals surface area contributed by atoms with E-state index >= 15 is 0 Å². The van der Waals surface area contributed by atoms with Crippen LogP contribution in [0.3, 0.4) is 0 Å². The van der Waals surface area contributed by atoms with Crippen LogP contribution in [-0.2, 0) is 9.53 Å². The molecule has 2 atom stereocenters. The van der Waals surface area contributed by atoms with Crippen molar-refractivity contribution in [2.24, 2.45) is 5.73 Å². The Hall–Kier alpha value is -1.47. The van der Waals surface area contributed by atoms with Crippen molar-refractivity contribution < 1.29 is 14.3 Å². The third-order valence-corrected chi connectivity index (χ3v) is 3.60. The molecule has 1 aliphatic heterocycles. The highest BCUT2D eigenvalue weighted by Gasteiger charge is 2.39. The standard InChI is InChI=1S/C12H14BrN3O3/c1-19-8-4-10(11(14)17)16(6-8)12(18)9-3-2-7(13)5-15-9/h2-3,5,8,10H,4,6H2,1H3,(H2,14,17)/t8-,10-/m0/s1.